The van der Waals surface area contributed by atoms with E-state index in [1.54, 1.807) is 6.07 Å². The SMILES string of the molecule is C[C@]1(c2cc(NC(=O)c3cnc(OCF)cn3)ccc2F)N=C(N)SCC12CCOCC2. The van der Waals surface area contributed by atoms with Crippen LogP contribution in [0.2, 0.25) is 0 Å². The Morgan fingerprint density at radius 1 is 1.31 bits per heavy atom. The lowest BCUT2D eigenvalue weighted by molar-refractivity contribution is -0.0138. The summed E-state index contributed by atoms with van der Waals surface area (Å²) in [5, 5.41) is 3.11. The van der Waals surface area contributed by atoms with Gasteiger partial charge in [-0.1, -0.05) is 11.8 Å². The third kappa shape index (κ3) is 4.14. The fourth-order valence-electron chi connectivity index (χ4n) is 4.20. The normalized spacial score (nSPS) is 22.3. The third-order valence-corrected chi connectivity index (χ3v) is 7.21. The van der Waals surface area contributed by atoms with Gasteiger partial charge in [0, 0.05) is 35.6 Å². The number of carbonyl (C=O) groups excluding carboxylic acids is 1. The summed E-state index contributed by atoms with van der Waals surface area (Å²) >= 11 is 1.47. The maximum absolute atomic E-state index is 15.1. The average Bonchev–Trinajstić information content (AvgIpc) is 2.79. The summed E-state index contributed by atoms with van der Waals surface area (Å²) in [7, 11) is 0. The van der Waals surface area contributed by atoms with Crippen molar-refractivity contribution in [2.45, 2.75) is 25.3 Å². The van der Waals surface area contributed by atoms with Crippen LogP contribution in [0.5, 0.6) is 5.88 Å². The standard InChI is InChI=1S/C21H23F2N5O3S/c1-20(21(4-6-30-7-5-21)11-32-19(24)28-20)14-8-13(2-3-15(14)23)27-18(29)16-9-26-17(10-25-16)31-12-22/h2-3,8-10H,4-7,11-12H2,1H3,(H2,24,28)(H,27,29)/t20-/m1/s1. The highest BCUT2D eigenvalue weighted by atomic mass is 32.2. The lowest BCUT2D eigenvalue weighted by Gasteiger charge is -2.51. The molecule has 0 bridgehead atoms. The number of nitrogens with two attached hydrogens (primary N) is 1. The molecule has 8 nitrogen and oxygen atoms in total. The van der Waals surface area contributed by atoms with Crippen molar-refractivity contribution >= 4 is 28.5 Å². The van der Waals surface area contributed by atoms with Gasteiger partial charge in [-0.2, -0.15) is 0 Å². The Kier molecular flexibility index (Phi) is 6.29. The smallest absolute Gasteiger partial charge is 0.275 e. The number of halogens is 2. The van der Waals surface area contributed by atoms with Crippen molar-refractivity contribution in [3.63, 3.8) is 0 Å². The number of nitrogens with one attached hydrogen (secondary N) is 1. The molecule has 1 spiro atoms. The second-order valence-electron chi connectivity index (χ2n) is 7.85. The van der Waals surface area contributed by atoms with E-state index in [4.69, 9.17) is 15.5 Å². The van der Waals surface area contributed by atoms with Gasteiger partial charge in [-0.3, -0.25) is 9.79 Å². The van der Waals surface area contributed by atoms with Crippen LogP contribution in [0.15, 0.2) is 35.6 Å². The van der Waals surface area contributed by atoms with Gasteiger partial charge in [0.1, 0.15) is 11.5 Å². The first-order valence-electron chi connectivity index (χ1n) is 10.0. The quantitative estimate of drug-likeness (QED) is 0.700. The number of aromatic nitrogens is 2. The number of hydrogen-bond acceptors (Lipinski definition) is 8. The van der Waals surface area contributed by atoms with E-state index in [9.17, 15) is 9.18 Å². The Morgan fingerprint density at radius 3 is 2.78 bits per heavy atom. The van der Waals surface area contributed by atoms with E-state index in [0.29, 0.717) is 35.4 Å². The maximum Gasteiger partial charge on any atom is 0.275 e. The van der Waals surface area contributed by atoms with Crippen LogP contribution in [0.25, 0.3) is 0 Å². The van der Waals surface area contributed by atoms with Gasteiger partial charge in [-0.15, -0.1) is 0 Å². The van der Waals surface area contributed by atoms with Crippen LogP contribution in [-0.4, -0.2) is 46.9 Å². The molecule has 2 aliphatic heterocycles. The van der Waals surface area contributed by atoms with Gasteiger partial charge in [0.15, 0.2) is 5.17 Å². The maximum atomic E-state index is 15.1. The van der Waals surface area contributed by atoms with Crippen LogP contribution in [-0.2, 0) is 10.3 Å². The van der Waals surface area contributed by atoms with Crippen LogP contribution in [0.1, 0.15) is 35.8 Å². The van der Waals surface area contributed by atoms with Gasteiger partial charge < -0.3 is 20.5 Å². The van der Waals surface area contributed by atoms with E-state index in [2.05, 4.69) is 20.0 Å². The summed E-state index contributed by atoms with van der Waals surface area (Å²) in [6, 6.07) is 4.36. The Labute approximate surface area is 188 Å². The molecule has 32 heavy (non-hydrogen) atoms. The van der Waals surface area contributed by atoms with Crippen molar-refractivity contribution in [1.82, 2.24) is 9.97 Å². The van der Waals surface area contributed by atoms with E-state index in [-0.39, 0.29) is 17.0 Å². The van der Waals surface area contributed by atoms with Crippen LogP contribution in [0, 0.1) is 11.2 Å². The van der Waals surface area contributed by atoms with E-state index in [0.717, 1.165) is 19.0 Å². The first-order valence-corrected chi connectivity index (χ1v) is 11.0. The molecule has 1 fully saturated rings. The number of nitrogens with zero attached hydrogens (tertiary/aromatic N) is 3. The largest absolute Gasteiger partial charge is 0.445 e. The van der Waals surface area contributed by atoms with E-state index < -0.39 is 24.1 Å². The van der Waals surface area contributed by atoms with Gasteiger partial charge in [0.05, 0.1) is 17.9 Å². The highest BCUT2D eigenvalue weighted by Crippen LogP contribution is 2.54. The topological polar surface area (TPSA) is 112 Å². The van der Waals surface area contributed by atoms with E-state index in [1.165, 1.54) is 30.1 Å². The van der Waals surface area contributed by atoms with Gasteiger partial charge in [-0.05, 0) is 38.0 Å². The predicted octanol–water partition coefficient (Wildman–Crippen LogP) is 3.25. The van der Waals surface area contributed by atoms with Gasteiger partial charge >= 0.3 is 0 Å². The molecule has 3 heterocycles. The number of hydrogen-bond donors (Lipinski definition) is 2. The van der Waals surface area contributed by atoms with Crippen molar-refractivity contribution < 1.29 is 23.0 Å². The molecule has 170 valence electrons. The van der Waals surface area contributed by atoms with E-state index in [1.807, 2.05) is 6.92 Å². The molecule has 2 aromatic rings. The molecular weight excluding hydrogens is 440 g/mol. The second-order valence-corrected chi connectivity index (χ2v) is 8.84. The van der Waals surface area contributed by atoms with Crippen molar-refractivity contribution in [3.05, 3.63) is 47.7 Å². The number of thioether (sulfide) groups is 1. The fraction of sp³-hybridized carbons (Fsp3) is 0.429. The zero-order valence-corrected chi connectivity index (χ0v) is 18.3. The lowest BCUT2D eigenvalue weighted by atomic mass is 9.63. The minimum absolute atomic E-state index is 0.00512. The van der Waals surface area contributed by atoms with Crippen LogP contribution < -0.4 is 15.8 Å². The Hall–Kier alpha value is -2.79. The minimum atomic E-state index is -1.05. The molecule has 1 atom stereocenters. The van der Waals surface area contributed by atoms with Gasteiger partial charge in [0.25, 0.3) is 5.91 Å². The highest BCUT2D eigenvalue weighted by Gasteiger charge is 2.53. The molecule has 11 heteroatoms. The third-order valence-electron chi connectivity index (χ3n) is 6.12. The van der Waals surface area contributed by atoms with Gasteiger partial charge in [0.2, 0.25) is 12.7 Å². The van der Waals surface area contributed by atoms with Crippen LogP contribution in [0.4, 0.5) is 14.5 Å². The molecule has 1 amide bonds. The van der Waals surface area contributed by atoms with E-state index >= 15 is 4.39 Å². The average molecular weight is 464 g/mol. The Morgan fingerprint density at radius 2 is 2.09 bits per heavy atom. The molecule has 0 radical (unpaired) electrons. The number of carbonyl (C=O) groups is 1. The van der Waals surface area contributed by atoms with Crippen LogP contribution >= 0.6 is 11.8 Å². The van der Waals surface area contributed by atoms with Crippen molar-refractivity contribution in [3.8, 4) is 5.88 Å². The number of ether oxygens (including phenoxy) is 2. The summed E-state index contributed by atoms with van der Waals surface area (Å²) in [6.07, 6.45) is 3.78. The zero-order chi connectivity index (χ0) is 22.8. The number of aliphatic imine (C=N–C) groups is 1. The number of amides is 1. The monoisotopic (exact) mass is 463 g/mol. The number of amidine groups is 1. The number of rotatable bonds is 5. The number of anilines is 1. The molecule has 0 saturated carbocycles. The molecule has 1 saturated heterocycles. The highest BCUT2D eigenvalue weighted by molar-refractivity contribution is 8.13. The van der Waals surface area contributed by atoms with Crippen molar-refractivity contribution in [2.75, 3.05) is 31.1 Å². The molecule has 2 aliphatic rings. The van der Waals surface area contributed by atoms with Crippen molar-refractivity contribution in [1.29, 1.82) is 0 Å². The summed E-state index contributed by atoms with van der Waals surface area (Å²) in [4.78, 5) is 25.0. The molecule has 4 rings (SSSR count). The molecule has 1 aromatic heterocycles. The number of alkyl halides is 1. The first-order chi connectivity index (χ1) is 15.4. The molecule has 0 aliphatic carbocycles. The summed E-state index contributed by atoms with van der Waals surface area (Å²) < 4.78 is 37.5. The van der Waals surface area contributed by atoms with Crippen molar-refractivity contribution in [2.24, 2.45) is 16.1 Å². The number of benzene rings is 1. The fourth-order valence-corrected chi connectivity index (χ4v) is 5.44. The lowest BCUT2D eigenvalue weighted by Crippen LogP contribution is -2.51. The molecular formula is C21H23F2N5O3S. The molecule has 0 unspecified atom stereocenters. The first kappa shape index (κ1) is 22.4. The summed E-state index contributed by atoms with van der Waals surface area (Å²) in [5.74, 6) is -0.294. The zero-order valence-electron chi connectivity index (χ0n) is 17.4. The Balaban J connectivity index is 1.64. The summed E-state index contributed by atoms with van der Waals surface area (Å²) in [5.41, 5.74) is 5.57. The molecule has 1 aromatic carbocycles. The Bertz CT molecular complexity index is 1030. The second kappa shape index (κ2) is 8.99. The van der Waals surface area contributed by atoms with Crippen LogP contribution in [0.3, 0.4) is 0 Å². The molecule has 3 N–H and O–H groups in total. The summed E-state index contributed by atoms with van der Waals surface area (Å²) in [6.45, 7) is 2.00. The predicted molar refractivity (Wildman–Crippen MR) is 117 cm³/mol. The van der Waals surface area contributed by atoms with Gasteiger partial charge in [-0.25, -0.2) is 18.7 Å². The minimum Gasteiger partial charge on any atom is -0.445 e.